The molecule has 0 aliphatic heterocycles. The number of anilines is 1. The van der Waals surface area contributed by atoms with Gasteiger partial charge in [0.2, 0.25) is 0 Å². The van der Waals surface area contributed by atoms with Gasteiger partial charge in [0, 0.05) is 0 Å². The Bertz CT molecular complexity index is 900. The van der Waals surface area contributed by atoms with Gasteiger partial charge in [-0.3, -0.25) is 9.36 Å². The Labute approximate surface area is 168 Å². The summed E-state index contributed by atoms with van der Waals surface area (Å²) < 4.78 is 25.0. The van der Waals surface area contributed by atoms with Crippen molar-refractivity contribution < 1.29 is 23.7 Å². The molecule has 3 unspecified atom stereocenters. The average molecular weight is 426 g/mol. The number of hydrogen-bond donors (Lipinski definition) is 3. The van der Waals surface area contributed by atoms with Gasteiger partial charge in [-0.2, -0.15) is 0 Å². The third-order valence-electron chi connectivity index (χ3n) is 4.75. The SMILES string of the molecule is CC(Cn1cnc2c(N)ncnc21)OCP(=O)(O)NC(C)C(=O)OC1CCCC1. The first-order valence-electron chi connectivity index (χ1n) is 9.58. The molecule has 0 amide bonds. The van der Waals surface area contributed by atoms with Gasteiger partial charge in [-0.15, -0.1) is 0 Å². The highest BCUT2D eigenvalue weighted by Crippen LogP contribution is 2.36. The fraction of sp³-hybridized carbons (Fsp3) is 0.647. The topological polar surface area (TPSA) is 154 Å². The van der Waals surface area contributed by atoms with E-state index in [9.17, 15) is 14.3 Å². The normalized spacial score (nSPS) is 19.1. The minimum absolute atomic E-state index is 0.0936. The average Bonchev–Trinajstić information content (AvgIpc) is 3.31. The van der Waals surface area contributed by atoms with E-state index in [4.69, 9.17) is 15.2 Å². The number of nitrogens with two attached hydrogens (primary N) is 1. The molecule has 1 aliphatic carbocycles. The van der Waals surface area contributed by atoms with Crippen LogP contribution in [0.1, 0.15) is 39.5 Å². The molecule has 1 saturated carbocycles. The van der Waals surface area contributed by atoms with E-state index in [2.05, 4.69) is 20.0 Å². The zero-order chi connectivity index (χ0) is 21.0. The molecule has 0 bridgehead atoms. The first-order valence-corrected chi connectivity index (χ1v) is 11.4. The second kappa shape index (κ2) is 9.17. The molecular formula is C17H27N6O5P. The molecule has 2 aromatic rings. The largest absolute Gasteiger partial charge is 0.461 e. The summed E-state index contributed by atoms with van der Waals surface area (Å²) in [6, 6.07) is -0.900. The van der Waals surface area contributed by atoms with Crippen LogP contribution in [-0.2, 0) is 25.4 Å². The van der Waals surface area contributed by atoms with Gasteiger partial charge in [-0.05, 0) is 39.5 Å². The number of esters is 1. The number of ether oxygens (including phenoxy) is 2. The number of rotatable bonds is 9. The summed E-state index contributed by atoms with van der Waals surface area (Å²) in [5.74, 6) is -0.244. The fourth-order valence-electron chi connectivity index (χ4n) is 3.26. The molecule has 1 aliphatic rings. The molecule has 4 N–H and O–H groups in total. The molecule has 2 heterocycles. The Morgan fingerprint density at radius 2 is 2.10 bits per heavy atom. The standard InChI is InChI=1S/C17H27N6O5P/c1-11(7-23-9-21-14-15(18)19-8-20-16(14)23)27-10-29(25,26)22-12(2)17(24)28-13-5-3-4-6-13/h8-9,11-13H,3-7,10H2,1-2H3,(H2,18,19,20)(H2,22,25,26). The number of carbonyl (C=O) groups excluding carboxylic acids is 1. The molecular weight excluding hydrogens is 399 g/mol. The number of nitrogens with one attached hydrogen (secondary N) is 1. The molecule has 1 fully saturated rings. The Balaban J connectivity index is 1.49. The molecule has 0 saturated heterocycles. The summed E-state index contributed by atoms with van der Waals surface area (Å²) in [4.78, 5) is 34.4. The molecule has 11 nitrogen and oxygen atoms in total. The fourth-order valence-corrected chi connectivity index (χ4v) is 4.50. The summed E-state index contributed by atoms with van der Waals surface area (Å²) in [5, 5.41) is 2.44. The zero-order valence-corrected chi connectivity index (χ0v) is 17.4. The van der Waals surface area contributed by atoms with Crippen LogP contribution in [0.4, 0.5) is 5.82 Å². The molecule has 2 aromatic heterocycles. The van der Waals surface area contributed by atoms with Crippen molar-refractivity contribution in [3.63, 3.8) is 0 Å². The lowest BCUT2D eigenvalue weighted by atomic mass is 10.3. The van der Waals surface area contributed by atoms with E-state index < -0.39 is 32.0 Å². The Morgan fingerprint density at radius 3 is 2.83 bits per heavy atom. The van der Waals surface area contributed by atoms with Crippen molar-refractivity contribution in [2.24, 2.45) is 0 Å². The maximum Gasteiger partial charge on any atom is 0.323 e. The van der Waals surface area contributed by atoms with Gasteiger partial charge >= 0.3 is 5.97 Å². The second-order valence-corrected chi connectivity index (χ2v) is 9.25. The molecule has 0 spiro atoms. The van der Waals surface area contributed by atoms with Crippen molar-refractivity contribution in [2.75, 3.05) is 12.1 Å². The van der Waals surface area contributed by atoms with Gasteiger partial charge in [0.25, 0.3) is 7.52 Å². The van der Waals surface area contributed by atoms with Gasteiger partial charge in [0.05, 0.1) is 19.0 Å². The number of hydrogen-bond acceptors (Lipinski definition) is 8. The Hall–Kier alpha value is -2.07. The molecule has 160 valence electrons. The lowest BCUT2D eigenvalue weighted by Crippen LogP contribution is -2.36. The van der Waals surface area contributed by atoms with Crippen LogP contribution in [-0.4, -0.2) is 55.0 Å². The van der Waals surface area contributed by atoms with E-state index >= 15 is 0 Å². The summed E-state index contributed by atoms with van der Waals surface area (Å²) in [6.45, 7) is 3.62. The quantitative estimate of drug-likeness (QED) is 0.396. The zero-order valence-electron chi connectivity index (χ0n) is 16.5. The van der Waals surface area contributed by atoms with Crippen LogP contribution in [0.3, 0.4) is 0 Å². The van der Waals surface area contributed by atoms with Crippen molar-refractivity contribution in [3.05, 3.63) is 12.7 Å². The Kier molecular flexibility index (Phi) is 6.84. The number of imidazole rings is 1. The molecule has 0 radical (unpaired) electrons. The lowest BCUT2D eigenvalue weighted by molar-refractivity contribution is -0.150. The van der Waals surface area contributed by atoms with Crippen LogP contribution < -0.4 is 10.8 Å². The lowest BCUT2D eigenvalue weighted by Gasteiger charge is -2.21. The van der Waals surface area contributed by atoms with Crippen LogP contribution in [0.5, 0.6) is 0 Å². The van der Waals surface area contributed by atoms with Gasteiger partial charge in [-0.1, -0.05) is 0 Å². The third kappa shape index (κ3) is 5.72. The first-order chi connectivity index (χ1) is 13.7. The van der Waals surface area contributed by atoms with Crippen molar-refractivity contribution in [3.8, 4) is 0 Å². The van der Waals surface area contributed by atoms with Gasteiger partial charge in [0.15, 0.2) is 11.5 Å². The van der Waals surface area contributed by atoms with E-state index in [0.29, 0.717) is 17.7 Å². The maximum atomic E-state index is 12.4. The van der Waals surface area contributed by atoms with Gasteiger partial charge in [0.1, 0.15) is 30.3 Å². The molecule has 0 aromatic carbocycles. The predicted octanol–water partition coefficient (Wildman–Crippen LogP) is 1.42. The van der Waals surface area contributed by atoms with Crippen molar-refractivity contribution in [2.45, 2.75) is 64.3 Å². The highest BCUT2D eigenvalue weighted by atomic mass is 31.2. The smallest absolute Gasteiger partial charge is 0.323 e. The van der Waals surface area contributed by atoms with Crippen LogP contribution in [0.25, 0.3) is 11.2 Å². The Morgan fingerprint density at radius 1 is 1.38 bits per heavy atom. The van der Waals surface area contributed by atoms with E-state index in [0.717, 1.165) is 25.7 Å². The van der Waals surface area contributed by atoms with Crippen molar-refractivity contribution in [1.29, 1.82) is 0 Å². The molecule has 3 rings (SSSR count). The van der Waals surface area contributed by atoms with Gasteiger partial charge in [-0.25, -0.2) is 20.0 Å². The number of fused-ring (bicyclic) bond motifs is 1. The number of aromatic nitrogens is 4. The maximum absolute atomic E-state index is 12.4. The second-order valence-electron chi connectivity index (χ2n) is 7.33. The van der Waals surface area contributed by atoms with Crippen molar-refractivity contribution in [1.82, 2.24) is 24.6 Å². The summed E-state index contributed by atoms with van der Waals surface area (Å²) in [6.07, 6.45) is 5.72. The first kappa shape index (κ1) is 21.6. The van der Waals surface area contributed by atoms with Gasteiger partial charge < -0.3 is 24.7 Å². The predicted molar refractivity (Wildman–Crippen MR) is 106 cm³/mol. The minimum Gasteiger partial charge on any atom is -0.461 e. The third-order valence-corrected chi connectivity index (χ3v) is 6.04. The minimum atomic E-state index is -3.89. The highest BCUT2D eigenvalue weighted by molar-refractivity contribution is 7.55. The summed E-state index contributed by atoms with van der Waals surface area (Å²) >= 11 is 0. The van der Waals surface area contributed by atoms with E-state index in [1.54, 1.807) is 17.8 Å². The molecule has 3 atom stereocenters. The van der Waals surface area contributed by atoms with Crippen LogP contribution in [0, 0.1) is 0 Å². The number of carbonyl (C=O) groups is 1. The van der Waals surface area contributed by atoms with E-state index in [1.807, 2.05) is 0 Å². The summed E-state index contributed by atoms with van der Waals surface area (Å²) in [5.41, 5.74) is 6.81. The van der Waals surface area contributed by atoms with Crippen LogP contribution in [0.15, 0.2) is 12.7 Å². The van der Waals surface area contributed by atoms with Crippen molar-refractivity contribution >= 4 is 30.5 Å². The number of nitrogen functional groups attached to an aromatic ring is 1. The summed E-state index contributed by atoms with van der Waals surface area (Å²) in [7, 11) is -3.89. The van der Waals surface area contributed by atoms with E-state index in [1.165, 1.54) is 13.3 Å². The van der Waals surface area contributed by atoms with E-state index in [-0.39, 0.29) is 11.9 Å². The molecule has 12 heteroatoms. The van der Waals surface area contributed by atoms with Crippen LogP contribution >= 0.6 is 7.52 Å². The van der Waals surface area contributed by atoms with Crippen LogP contribution in [0.2, 0.25) is 0 Å². The monoisotopic (exact) mass is 426 g/mol. The molecule has 29 heavy (non-hydrogen) atoms. The highest BCUT2D eigenvalue weighted by Gasteiger charge is 2.29. The number of nitrogens with zero attached hydrogens (tertiary/aromatic N) is 4.